The number of carbonyl (C=O) groups is 1. The number of aromatic nitrogens is 1. The van der Waals surface area contributed by atoms with E-state index in [0.717, 1.165) is 6.07 Å². The highest BCUT2D eigenvalue weighted by Crippen LogP contribution is 2.31. The van der Waals surface area contributed by atoms with Gasteiger partial charge in [-0.15, -0.1) is 0 Å². The van der Waals surface area contributed by atoms with Crippen molar-refractivity contribution in [2.45, 2.75) is 12.6 Å². The van der Waals surface area contributed by atoms with Crippen LogP contribution in [0.25, 0.3) is 0 Å². The van der Waals surface area contributed by atoms with Crippen LogP contribution < -0.4 is 5.32 Å². The third-order valence-corrected chi connectivity index (χ3v) is 3.01. The van der Waals surface area contributed by atoms with Gasteiger partial charge >= 0.3 is 6.18 Å². The van der Waals surface area contributed by atoms with Crippen molar-refractivity contribution in [3.8, 4) is 0 Å². The largest absolute Gasteiger partial charge is 0.416 e. The van der Waals surface area contributed by atoms with Crippen LogP contribution in [0, 0.1) is 5.95 Å². The van der Waals surface area contributed by atoms with E-state index in [0.29, 0.717) is 0 Å². The number of carbonyl (C=O) groups excluding carboxylic acids is 1. The summed E-state index contributed by atoms with van der Waals surface area (Å²) in [5.41, 5.74) is -0.912. The van der Waals surface area contributed by atoms with E-state index in [9.17, 15) is 22.4 Å². The van der Waals surface area contributed by atoms with Crippen molar-refractivity contribution in [2.24, 2.45) is 0 Å². The minimum atomic E-state index is -4.45. The first kappa shape index (κ1) is 15.9. The molecule has 0 unspecified atom stereocenters. The lowest BCUT2D eigenvalue weighted by Gasteiger charge is -2.13. The molecule has 22 heavy (non-hydrogen) atoms. The Hall–Kier alpha value is -2.44. The molecular weight excluding hydrogens is 300 g/mol. The Morgan fingerprint density at radius 3 is 2.55 bits per heavy atom. The maximum Gasteiger partial charge on any atom is 0.416 e. The fourth-order valence-corrected chi connectivity index (χ4v) is 1.98. The SMILES string of the molecule is O=C(NCCc1ccccc1C(F)(F)F)c1cccnc1F. The second-order valence-corrected chi connectivity index (χ2v) is 4.50. The number of rotatable bonds is 4. The van der Waals surface area contributed by atoms with E-state index in [2.05, 4.69) is 10.3 Å². The van der Waals surface area contributed by atoms with E-state index < -0.39 is 23.6 Å². The standard InChI is InChI=1S/C15H12F4N2O/c16-13-11(5-3-8-20-13)14(22)21-9-7-10-4-1-2-6-12(10)15(17,18)19/h1-6,8H,7,9H2,(H,21,22). The van der Waals surface area contributed by atoms with Crippen molar-refractivity contribution < 1.29 is 22.4 Å². The number of nitrogens with one attached hydrogen (secondary N) is 1. The molecule has 1 N–H and O–H groups in total. The Kier molecular flexibility index (Phi) is 4.75. The minimum Gasteiger partial charge on any atom is -0.352 e. The predicted octanol–water partition coefficient (Wildman–Crippen LogP) is 3.21. The van der Waals surface area contributed by atoms with Crippen LogP contribution >= 0.6 is 0 Å². The molecule has 1 amide bonds. The topological polar surface area (TPSA) is 42.0 Å². The quantitative estimate of drug-likeness (QED) is 0.696. The number of nitrogens with zero attached hydrogens (tertiary/aromatic N) is 1. The molecule has 1 aromatic heterocycles. The second-order valence-electron chi connectivity index (χ2n) is 4.50. The van der Waals surface area contributed by atoms with Crippen molar-refractivity contribution in [3.63, 3.8) is 0 Å². The van der Waals surface area contributed by atoms with Gasteiger partial charge in [0.05, 0.1) is 11.1 Å². The van der Waals surface area contributed by atoms with Gasteiger partial charge in [-0.3, -0.25) is 4.79 Å². The Morgan fingerprint density at radius 2 is 1.86 bits per heavy atom. The summed E-state index contributed by atoms with van der Waals surface area (Å²) in [5.74, 6) is -1.63. The van der Waals surface area contributed by atoms with Crippen LogP contribution in [-0.2, 0) is 12.6 Å². The van der Waals surface area contributed by atoms with Gasteiger partial charge in [-0.05, 0) is 30.2 Å². The van der Waals surface area contributed by atoms with Gasteiger partial charge < -0.3 is 5.32 Å². The maximum absolute atomic E-state index is 13.3. The van der Waals surface area contributed by atoms with E-state index >= 15 is 0 Å². The first-order valence-electron chi connectivity index (χ1n) is 6.43. The highest BCUT2D eigenvalue weighted by atomic mass is 19.4. The lowest BCUT2D eigenvalue weighted by atomic mass is 10.0. The number of hydrogen-bond acceptors (Lipinski definition) is 2. The normalized spacial score (nSPS) is 11.3. The summed E-state index contributed by atoms with van der Waals surface area (Å²) in [4.78, 5) is 15.1. The molecule has 7 heteroatoms. The molecule has 3 nitrogen and oxygen atoms in total. The van der Waals surface area contributed by atoms with E-state index in [1.54, 1.807) is 0 Å². The number of pyridine rings is 1. The summed E-state index contributed by atoms with van der Waals surface area (Å²) >= 11 is 0. The van der Waals surface area contributed by atoms with Crippen molar-refractivity contribution in [2.75, 3.05) is 6.54 Å². The molecule has 0 saturated carbocycles. The van der Waals surface area contributed by atoms with Gasteiger partial charge in [0.15, 0.2) is 0 Å². The molecule has 0 fully saturated rings. The Bertz CT molecular complexity index is 671. The average molecular weight is 312 g/mol. The van der Waals surface area contributed by atoms with E-state index in [-0.39, 0.29) is 24.1 Å². The molecule has 0 aliphatic carbocycles. The van der Waals surface area contributed by atoms with Crippen LogP contribution in [-0.4, -0.2) is 17.4 Å². The Balaban J connectivity index is 2.01. The highest BCUT2D eigenvalue weighted by Gasteiger charge is 2.32. The molecule has 1 heterocycles. The van der Waals surface area contributed by atoms with Crippen LogP contribution in [0.3, 0.4) is 0 Å². The zero-order valence-electron chi connectivity index (χ0n) is 11.3. The number of alkyl halides is 3. The summed E-state index contributed by atoms with van der Waals surface area (Å²) in [6.45, 7) is -0.0414. The molecular formula is C15H12F4N2O. The molecule has 0 radical (unpaired) electrons. The summed E-state index contributed by atoms with van der Waals surface area (Å²) in [6, 6.07) is 7.78. The molecule has 116 valence electrons. The Labute approximate surface area is 124 Å². The minimum absolute atomic E-state index is 0.0106. The van der Waals surface area contributed by atoms with E-state index in [4.69, 9.17) is 0 Å². The predicted molar refractivity (Wildman–Crippen MR) is 71.7 cm³/mol. The van der Waals surface area contributed by atoms with Gasteiger partial charge in [0.1, 0.15) is 0 Å². The number of benzene rings is 1. The van der Waals surface area contributed by atoms with E-state index in [1.165, 1.54) is 36.5 Å². The second kappa shape index (κ2) is 6.55. The Morgan fingerprint density at radius 1 is 1.14 bits per heavy atom. The first-order valence-corrected chi connectivity index (χ1v) is 6.43. The lowest BCUT2D eigenvalue weighted by molar-refractivity contribution is -0.138. The molecule has 1 aromatic carbocycles. The third kappa shape index (κ3) is 3.81. The van der Waals surface area contributed by atoms with Gasteiger partial charge in [0, 0.05) is 12.7 Å². The number of hydrogen-bond donors (Lipinski definition) is 1. The summed E-state index contributed by atoms with van der Waals surface area (Å²) in [6.07, 6.45) is -3.26. The van der Waals surface area contributed by atoms with Crippen LogP contribution in [0.1, 0.15) is 21.5 Å². The average Bonchev–Trinajstić information content (AvgIpc) is 2.47. The molecule has 0 bridgehead atoms. The summed E-state index contributed by atoms with van der Waals surface area (Å²) in [5, 5.41) is 2.38. The maximum atomic E-state index is 13.3. The van der Waals surface area contributed by atoms with Gasteiger partial charge in [-0.1, -0.05) is 18.2 Å². The van der Waals surface area contributed by atoms with Crippen LogP contribution in [0.4, 0.5) is 17.6 Å². The van der Waals surface area contributed by atoms with Crippen LogP contribution in [0.2, 0.25) is 0 Å². The third-order valence-electron chi connectivity index (χ3n) is 3.01. The van der Waals surface area contributed by atoms with Crippen LogP contribution in [0.5, 0.6) is 0 Å². The van der Waals surface area contributed by atoms with Gasteiger partial charge in [0.2, 0.25) is 5.95 Å². The fourth-order valence-electron chi connectivity index (χ4n) is 1.98. The molecule has 0 atom stereocenters. The lowest BCUT2D eigenvalue weighted by Crippen LogP contribution is -2.27. The van der Waals surface area contributed by atoms with Crippen molar-refractivity contribution in [3.05, 3.63) is 65.2 Å². The molecule has 2 rings (SSSR count). The van der Waals surface area contributed by atoms with Crippen molar-refractivity contribution in [1.82, 2.24) is 10.3 Å². The van der Waals surface area contributed by atoms with E-state index in [1.807, 2.05) is 0 Å². The number of halogens is 4. The monoisotopic (exact) mass is 312 g/mol. The zero-order valence-corrected chi connectivity index (χ0v) is 11.3. The van der Waals surface area contributed by atoms with Crippen LogP contribution in [0.15, 0.2) is 42.6 Å². The zero-order chi connectivity index (χ0) is 16.2. The first-order chi connectivity index (χ1) is 10.4. The summed E-state index contributed by atoms with van der Waals surface area (Å²) in [7, 11) is 0. The van der Waals surface area contributed by atoms with Crippen molar-refractivity contribution in [1.29, 1.82) is 0 Å². The highest BCUT2D eigenvalue weighted by molar-refractivity contribution is 5.94. The number of amides is 1. The molecule has 0 spiro atoms. The molecule has 0 aliphatic rings. The molecule has 0 saturated heterocycles. The van der Waals surface area contributed by atoms with Crippen molar-refractivity contribution >= 4 is 5.91 Å². The smallest absolute Gasteiger partial charge is 0.352 e. The van der Waals surface area contributed by atoms with Gasteiger partial charge in [-0.2, -0.15) is 17.6 Å². The fraction of sp³-hybridized carbons (Fsp3) is 0.200. The molecule has 0 aliphatic heterocycles. The van der Waals surface area contributed by atoms with Gasteiger partial charge in [0.25, 0.3) is 5.91 Å². The van der Waals surface area contributed by atoms with Gasteiger partial charge in [-0.25, -0.2) is 4.98 Å². The summed E-state index contributed by atoms with van der Waals surface area (Å²) < 4.78 is 51.7. The molecule has 2 aromatic rings.